The molecule has 0 spiro atoms. The SMILES string of the molecule is O=NBN1CCNC1=O. The van der Waals surface area contributed by atoms with Crippen LogP contribution in [0.4, 0.5) is 4.79 Å². The molecule has 1 N–H and O–H groups in total. The largest absolute Gasteiger partial charge is 0.435 e. The summed E-state index contributed by atoms with van der Waals surface area (Å²) < 4.78 is 0. The molecule has 6 heteroatoms. The predicted molar refractivity (Wildman–Crippen MR) is 33.0 cm³/mol. The first-order chi connectivity index (χ1) is 4.34. The van der Waals surface area contributed by atoms with Crippen molar-refractivity contribution >= 4 is 13.6 Å². The van der Waals surface area contributed by atoms with Crippen LogP contribution in [0.1, 0.15) is 0 Å². The molecule has 1 saturated heterocycles. The van der Waals surface area contributed by atoms with Crippen LogP contribution in [-0.4, -0.2) is 31.5 Å². The third-order valence-electron chi connectivity index (χ3n) is 1.17. The Morgan fingerprint density at radius 3 is 3.00 bits per heavy atom. The zero-order chi connectivity index (χ0) is 6.69. The average molecular weight is 127 g/mol. The third kappa shape index (κ3) is 1.19. The Labute approximate surface area is 52.7 Å². The van der Waals surface area contributed by atoms with Crippen molar-refractivity contribution in [2.75, 3.05) is 13.1 Å². The van der Waals surface area contributed by atoms with Crippen molar-refractivity contribution in [3.05, 3.63) is 4.91 Å². The fourth-order valence-electron chi connectivity index (χ4n) is 0.716. The maximum atomic E-state index is 10.6. The quantitative estimate of drug-likeness (QED) is 0.383. The van der Waals surface area contributed by atoms with Gasteiger partial charge in [0.1, 0.15) is 0 Å². The van der Waals surface area contributed by atoms with Gasteiger partial charge in [-0.15, -0.1) is 5.09 Å². The van der Waals surface area contributed by atoms with Crippen LogP contribution in [0.15, 0.2) is 5.09 Å². The summed E-state index contributed by atoms with van der Waals surface area (Å²) in [6.07, 6.45) is 0. The summed E-state index contributed by atoms with van der Waals surface area (Å²) in [5.41, 5.74) is 0. The van der Waals surface area contributed by atoms with Gasteiger partial charge in [0.15, 0.2) is 0 Å². The Balaban J connectivity index is 2.39. The zero-order valence-corrected chi connectivity index (χ0v) is 4.83. The van der Waals surface area contributed by atoms with Crippen LogP contribution in [0.2, 0.25) is 0 Å². The summed E-state index contributed by atoms with van der Waals surface area (Å²) in [6.45, 7) is 1.21. The minimum atomic E-state index is -0.199. The molecule has 48 valence electrons. The Bertz CT molecular complexity index is 139. The van der Waals surface area contributed by atoms with E-state index in [9.17, 15) is 9.70 Å². The van der Waals surface area contributed by atoms with Crippen LogP contribution in [0, 0.1) is 4.91 Å². The zero-order valence-electron chi connectivity index (χ0n) is 4.83. The second-order valence-corrected chi connectivity index (χ2v) is 1.77. The molecular formula is C3H6BN3O2. The van der Waals surface area contributed by atoms with Crippen LogP contribution < -0.4 is 5.32 Å². The molecule has 0 aromatic heterocycles. The van der Waals surface area contributed by atoms with E-state index in [4.69, 9.17) is 0 Å². The van der Waals surface area contributed by atoms with E-state index in [1.807, 2.05) is 0 Å². The van der Waals surface area contributed by atoms with E-state index in [-0.39, 0.29) is 13.6 Å². The van der Waals surface area contributed by atoms with Crippen molar-refractivity contribution in [2.45, 2.75) is 0 Å². The highest BCUT2D eigenvalue weighted by molar-refractivity contribution is 6.34. The van der Waals surface area contributed by atoms with E-state index in [1.54, 1.807) is 0 Å². The van der Waals surface area contributed by atoms with Gasteiger partial charge in [-0.25, -0.2) is 4.79 Å². The van der Waals surface area contributed by atoms with Gasteiger partial charge < -0.3 is 10.1 Å². The number of amides is 2. The minimum Gasteiger partial charge on any atom is -0.346 e. The number of nitrogens with one attached hydrogen (secondary N) is 1. The summed E-state index contributed by atoms with van der Waals surface area (Å²) in [5, 5.41) is 5.13. The van der Waals surface area contributed by atoms with Gasteiger partial charge in [0.25, 0.3) is 0 Å². The molecule has 1 aliphatic heterocycles. The second kappa shape index (κ2) is 2.47. The van der Waals surface area contributed by atoms with Gasteiger partial charge in [-0.2, -0.15) is 4.91 Å². The lowest BCUT2D eigenvalue weighted by molar-refractivity contribution is 0.236. The number of hydrogen-bond acceptors (Lipinski definition) is 3. The van der Waals surface area contributed by atoms with Gasteiger partial charge >= 0.3 is 13.6 Å². The van der Waals surface area contributed by atoms with E-state index in [2.05, 4.69) is 10.4 Å². The van der Waals surface area contributed by atoms with E-state index in [0.717, 1.165) is 0 Å². The normalized spacial score (nSPS) is 17.3. The molecular weight excluding hydrogens is 121 g/mol. The Kier molecular flexibility index (Phi) is 1.67. The molecule has 0 unspecified atom stereocenters. The highest BCUT2D eigenvalue weighted by atomic mass is 16.2. The predicted octanol–water partition coefficient (Wildman–Crippen LogP) is -0.956. The van der Waals surface area contributed by atoms with E-state index in [0.29, 0.717) is 13.1 Å². The van der Waals surface area contributed by atoms with Crippen molar-refractivity contribution < 1.29 is 4.79 Å². The first-order valence-corrected chi connectivity index (χ1v) is 2.66. The lowest BCUT2D eigenvalue weighted by Gasteiger charge is -2.04. The van der Waals surface area contributed by atoms with Crippen molar-refractivity contribution in [2.24, 2.45) is 5.09 Å². The summed E-state index contributed by atoms with van der Waals surface area (Å²) in [5.74, 6) is 0. The molecule has 0 aromatic carbocycles. The Morgan fingerprint density at radius 2 is 2.56 bits per heavy atom. The molecule has 1 rings (SSSR count). The molecule has 0 aliphatic carbocycles. The number of carbonyl (C=O) groups excluding carboxylic acids is 1. The van der Waals surface area contributed by atoms with Crippen LogP contribution in [0.25, 0.3) is 0 Å². The first kappa shape index (κ1) is 6.06. The average Bonchev–Trinajstić information content (AvgIpc) is 2.18. The van der Waals surface area contributed by atoms with E-state index in [1.165, 1.54) is 4.81 Å². The van der Waals surface area contributed by atoms with Crippen molar-refractivity contribution in [1.82, 2.24) is 10.1 Å². The van der Waals surface area contributed by atoms with Gasteiger partial charge in [0.05, 0.1) is 0 Å². The number of rotatable bonds is 2. The van der Waals surface area contributed by atoms with E-state index >= 15 is 0 Å². The summed E-state index contributed by atoms with van der Waals surface area (Å²) in [7, 11) is -0.0359. The number of carbonyl (C=O) groups is 1. The molecule has 1 fully saturated rings. The van der Waals surface area contributed by atoms with Crippen molar-refractivity contribution in [1.29, 1.82) is 0 Å². The van der Waals surface area contributed by atoms with E-state index < -0.39 is 0 Å². The smallest absolute Gasteiger partial charge is 0.346 e. The maximum absolute atomic E-state index is 10.6. The lowest BCUT2D eigenvalue weighted by Crippen LogP contribution is -2.30. The summed E-state index contributed by atoms with van der Waals surface area (Å²) >= 11 is 0. The molecule has 0 aromatic rings. The minimum absolute atomic E-state index is 0.0359. The van der Waals surface area contributed by atoms with Gasteiger partial charge in [-0.05, 0) is 0 Å². The van der Waals surface area contributed by atoms with Crippen LogP contribution in [0.3, 0.4) is 0 Å². The molecule has 0 radical (unpaired) electrons. The Morgan fingerprint density at radius 1 is 1.78 bits per heavy atom. The summed E-state index contributed by atoms with van der Waals surface area (Å²) in [6, 6.07) is -0.199. The third-order valence-corrected chi connectivity index (χ3v) is 1.17. The van der Waals surface area contributed by atoms with Crippen LogP contribution >= 0.6 is 0 Å². The van der Waals surface area contributed by atoms with Crippen molar-refractivity contribution in [3.63, 3.8) is 0 Å². The molecule has 1 aliphatic rings. The van der Waals surface area contributed by atoms with Gasteiger partial charge in [0.2, 0.25) is 0 Å². The fourth-order valence-corrected chi connectivity index (χ4v) is 0.716. The van der Waals surface area contributed by atoms with Crippen LogP contribution in [0.5, 0.6) is 0 Å². The first-order valence-electron chi connectivity index (χ1n) is 2.66. The standard InChI is InChI=1S/C3H6BN3O2/c8-3-5-1-2-7(3)4-6-9/h4H,1-2H2,(H,5,8). The van der Waals surface area contributed by atoms with Crippen molar-refractivity contribution in [3.8, 4) is 0 Å². The molecule has 1 heterocycles. The van der Waals surface area contributed by atoms with Gasteiger partial charge in [-0.1, -0.05) is 0 Å². The number of nitroso groups, excluding NO2 is 1. The molecule has 0 bridgehead atoms. The second-order valence-electron chi connectivity index (χ2n) is 1.77. The molecule has 5 nitrogen and oxygen atoms in total. The fraction of sp³-hybridized carbons (Fsp3) is 0.667. The molecule has 0 saturated carbocycles. The number of hydrogen-bond donors (Lipinski definition) is 1. The number of nitrogens with zero attached hydrogens (tertiary/aromatic N) is 2. The highest BCUT2D eigenvalue weighted by Crippen LogP contribution is 1.92. The maximum Gasteiger partial charge on any atom is 0.435 e. The molecule has 9 heavy (non-hydrogen) atoms. The Hall–Kier alpha value is -1.07. The van der Waals surface area contributed by atoms with Gasteiger partial charge in [-0.3, -0.25) is 0 Å². The molecule has 0 atom stereocenters. The molecule has 2 amide bonds. The lowest BCUT2D eigenvalue weighted by atomic mass is 10.2. The monoisotopic (exact) mass is 127 g/mol. The topological polar surface area (TPSA) is 61.8 Å². The van der Waals surface area contributed by atoms with Crippen LogP contribution in [-0.2, 0) is 0 Å². The summed E-state index contributed by atoms with van der Waals surface area (Å²) in [4.78, 5) is 21.6. The highest BCUT2D eigenvalue weighted by Gasteiger charge is 2.19. The van der Waals surface area contributed by atoms with Gasteiger partial charge in [0, 0.05) is 13.1 Å². The number of urea groups is 1.